The van der Waals surface area contributed by atoms with Gasteiger partial charge in [-0.15, -0.1) is 0 Å². The maximum atomic E-state index is 13.9. The van der Waals surface area contributed by atoms with E-state index in [0.717, 1.165) is 29.6 Å². The molecule has 0 fully saturated rings. The maximum Gasteiger partial charge on any atom is 0.181 e. The van der Waals surface area contributed by atoms with Crippen molar-refractivity contribution in [2.45, 2.75) is 25.9 Å². The van der Waals surface area contributed by atoms with Crippen LogP contribution in [0.25, 0.3) is 0 Å². The molecule has 0 unspecified atom stereocenters. The summed E-state index contributed by atoms with van der Waals surface area (Å²) in [5.74, 6) is -0.207. The second kappa shape index (κ2) is 5.91. The Labute approximate surface area is 121 Å². The Balaban J connectivity index is 1.76. The van der Waals surface area contributed by atoms with E-state index in [2.05, 4.69) is 9.88 Å². The number of nitrogens with two attached hydrogens (primary N) is 1. The highest BCUT2D eigenvalue weighted by Crippen LogP contribution is 2.24. The predicted molar refractivity (Wildman–Crippen MR) is 73.4 cm³/mol. The van der Waals surface area contributed by atoms with Crippen LogP contribution in [0, 0.1) is 11.6 Å². The molecule has 0 radical (unpaired) electrons. The molecule has 112 valence electrons. The summed E-state index contributed by atoms with van der Waals surface area (Å²) >= 11 is 0. The molecule has 1 aromatic carbocycles. The molecule has 1 aromatic heterocycles. The van der Waals surface area contributed by atoms with Gasteiger partial charge in [0, 0.05) is 37.7 Å². The van der Waals surface area contributed by atoms with Gasteiger partial charge in [-0.05, 0) is 24.6 Å². The van der Waals surface area contributed by atoms with Crippen LogP contribution in [0.2, 0.25) is 0 Å². The molecule has 21 heavy (non-hydrogen) atoms. The molecule has 4 nitrogen and oxygen atoms in total. The fourth-order valence-electron chi connectivity index (χ4n) is 2.74. The van der Waals surface area contributed by atoms with E-state index in [4.69, 9.17) is 10.2 Å². The number of oxazole rings is 1. The highest BCUT2D eigenvalue weighted by atomic mass is 19.1. The first-order valence-corrected chi connectivity index (χ1v) is 6.98. The highest BCUT2D eigenvalue weighted by molar-refractivity contribution is 5.31. The molecule has 6 heteroatoms. The number of rotatable bonds is 4. The molecule has 2 heterocycles. The second-order valence-electron chi connectivity index (χ2n) is 5.25. The lowest BCUT2D eigenvalue weighted by atomic mass is 9.99. The van der Waals surface area contributed by atoms with Gasteiger partial charge in [0.1, 0.15) is 17.4 Å². The van der Waals surface area contributed by atoms with Crippen molar-refractivity contribution < 1.29 is 13.2 Å². The summed E-state index contributed by atoms with van der Waals surface area (Å²) in [6.45, 7) is 2.28. The van der Waals surface area contributed by atoms with Gasteiger partial charge in [-0.2, -0.15) is 0 Å². The molecule has 0 aliphatic carbocycles. The van der Waals surface area contributed by atoms with Gasteiger partial charge in [0.15, 0.2) is 6.39 Å². The molecule has 0 spiro atoms. The summed E-state index contributed by atoms with van der Waals surface area (Å²) in [5.41, 5.74) is 7.70. The lowest BCUT2D eigenvalue weighted by Crippen LogP contribution is -2.31. The van der Waals surface area contributed by atoms with Crippen LogP contribution in [0.15, 0.2) is 22.9 Å². The third-order valence-corrected chi connectivity index (χ3v) is 3.80. The van der Waals surface area contributed by atoms with E-state index in [-0.39, 0.29) is 0 Å². The average Bonchev–Trinajstić information content (AvgIpc) is 2.87. The van der Waals surface area contributed by atoms with E-state index in [1.54, 1.807) is 0 Å². The van der Waals surface area contributed by atoms with Crippen molar-refractivity contribution in [2.75, 3.05) is 13.1 Å². The number of aromatic nitrogens is 1. The molecule has 2 aromatic rings. The first-order valence-electron chi connectivity index (χ1n) is 6.98. The Hall–Kier alpha value is -1.79. The van der Waals surface area contributed by atoms with Crippen molar-refractivity contribution in [3.05, 3.63) is 52.7 Å². The van der Waals surface area contributed by atoms with Crippen molar-refractivity contribution in [3.63, 3.8) is 0 Å². The SMILES string of the molecule is NCCc1ocnc1CN1CCc2cc(F)cc(F)c2C1. The third-order valence-electron chi connectivity index (χ3n) is 3.80. The Morgan fingerprint density at radius 1 is 1.33 bits per heavy atom. The van der Waals surface area contributed by atoms with Crippen molar-refractivity contribution in [2.24, 2.45) is 5.73 Å². The van der Waals surface area contributed by atoms with Crippen LogP contribution in [0.1, 0.15) is 22.6 Å². The molecular weight excluding hydrogens is 276 g/mol. The number of fused-ring (bicyclic) bond motifs is 1. The quantitative estimate of drug-likeness (QED) is 0.937. The van der Waals surface area contributed by atoms with Crippen LogP contribution in [0.3, 0.4) is 0 Å². The zero-order valence-electron chi connectivity index (χ0n) is 11.6. The van der Waals surface area contributed by atoms with Gasteiger partial charge in [-0.25, -0.2) is 13.8 Å². The van der Waals surface area contributed by atoms with E-state index in [0.29, 0.717) is 38.0 Å². The zero-order valence-corrected chi connectivity index (χ0v) is 11.6. The summed E-state index contributed by atoms with van der Waals surface area (Å²) in [7, 11) is 0. The summed E-state index contributed by atoms with van der Waals surface area (Å²) in [5, 5.41) is 0. The maximum absolute atomic E-state index is 13.9. The van der Waals surface area contributed by atoms with Crippen LogP contribution < -0.4 is 5.73 Å². The van der Waals surface area contributed by atoms with Crippen LogP contribution in [-0.2, 0) is 25.9 Å². The van der Waals surface area contributed by atoms with Gasteiger partial charge >= 0.3 is 0 Å². The topological polar surface area (TPSA) is 55.3 Å². The minimum Gasteiger partial charge on any atom is -0.448 e. The molecule has 1 aliphatic rings. The highest BCUT2D eigenvalue weighted by Gasteiger charge is 2.22. The van der Waals surface area contributed by atoms with Gasteiger partial charge in [0.05, 0.1) is 5.69 Å². The van der Waals surface area contributed by atoms with E-state index < -0.39 is 11.6 Å². The molecule has 0 amide bonds. The average molecular weight is 293 g/mol. The fraction of sp³-hybridized carbons (Fsp3) is 0.400. The summed E-state index contributed by atoms with van der Waals surface area (Å²) < 4.78 is 32.4. The summed E-state index contributed by atoms with van der Waals surface area (Å²) in [4.78, 5) is 6.29. The van der Waals surface area contributed by atoms with E-state index >= 15 is 0 Å². The minimum absolute atomic E-state index is 0.455. The van der Waals surface area contributed by atoms with Crippen LogP contribution in [-0.4, -0.2) is 23.0 Å². The van der Waals surface area contributed by atoms with Gasteiger partial charge < -0.3 is 10.2 Å². The third kappa shape index (κ3) is 2.96. The molecular formula is C15H17F2N3O. The van der Waals surface area contributed by atoms with E-state index in [9.17, 15) is 8.78 Å². The Morgan fingerprint density at radius 2 is 2.19 bits per heavy atom. The van der Waals surface area contributed by atoms with Crippen molar-refractivity contribution in [1.29, 1.82) is 0 Å². The van der Waals surface area contributed by atoms with E-state index in [1.165, 1.54) is 12.5 Å². The molecule has 0 bridgehead atoms. The van der Waals surface area contributed by atoms with Crippen molar-refractivity contribution in [1.82, 2.24) is 9.88 Å². The zero-order chi connectivity index (χ0) is 14.8. The Bertz CT molecular complexity index is 642. The molecule has 3 rings (SSSR count). The molecule has 1 aliphatic heterocycles. The largest absolute Gasteiger partial charge is 0.448 e. The normalized spacial score (nSPS) is 15.2. The summed E-state index contributed by atoms with van der Waals surface area (Å²) in [6, 6.07) is 2.37. The lowest BCUT2D eigenvalue weighted by molar-refractivity contribution is 0.236. The second-order valence-corrected chi connectivity index (χ2v) is 5.25. The first kappa shape index (κ1) is 14.2. The Kier molecular flexibility index (Phi) is 3.98. The van der Waals surface area contributed by atoms with Crippen LogP contribution in [0.4, 0.5) is 8.78 Å². The lowest BCUT2D eigenvalue weighted by Gasteiger charge is -2.28. The van der Waals surface area contributed by atoms with Gasteiger partial charge in [0.25, 0.3) is 0 Å². The number of benzene rings is 1. The monoisotopic (exact) mass is 293 g/mol. The van der Waals surface area contributed by atoms with Gasteiger partial charge in [-0.1, -0.05) is 0 Å². The van der Waals surface area contributed by atoms with Gasteiger partial charge in [0.2, 0.25) is 0 Å². The standard InChI is InChI=1S/C15H17F2N3O/c16-11-5-10-2-4-20(7-12(10)13(17)6-11)8-14-15(1-3-18)21-9-19-14/h5-6,9H,1-4,7-8,18H2. The summed E-state index contributed by atoms with van der Waals surface area (Å²) in [6.07, 6.45) is 2.68. The molecule has 0 atom stereocenters. The number of hydrogen-bond donors (Lipinski definition) is 1. The smallest absolute Gasteiger partial charge is 0.181 e. The van der Waals surface area contributed by atoms with Crippen molar-refractivity contribution in [3.8, 4) is 0 Å². The minimum atomic E-state index is -0.513. The van der Waals surface area contributed by atoms with Crippen LogP contribution in [0.5, 0.6) is 0 Å². The number of nitrogens with zero attached hydrogens (tertiary/aromatic N) is 2. The number of halogens is 2. The van der Waals surface area contributed by atoms with Crippen molar-refractivity contribution >= 4 is 0 Å². The molecule has 2 N–H and O–H groups in total. The van der Waals surface area contributed by atoms with Gasteiger partial charge in [-0.3, -0.25) is 4.90 Å². The molecule has 0 saturated carbocycles. The number of hydrogen-bond acceptors (Lipinski definition) is 4. The van der Waals surface area contributed by atoms with Crippen LogP contribution >= 0.6 is 0 Å². The Morgan fingerprint density at radius 3 is 3.00 bits per heavy atom. The first-order chi connectivity index (χ1) is 10.2. The fourth-order valence-corrected chi connectivity index (χ4v) is 2.74. The molecule has 0 saturated heterocycles. The van der Waals surface area contributed by atoms with E-state index in [1.807, 2.05) is 0 Å². The predicted octanol–water partition coefficient (Wildman–Crippen LogP) is 2.01.